The van der Waals surface area contributed by atoms with Crippen LogP contribution in [-0.4, -0.2) is 27.8 Å². The molecule has 0 unspecified atom stereocenters. The number of rotatable bonds is 10. The van der Waals surface area contributed by atoms with E-state index in [-0.39, 0.29) is 29.6 Å². The van der Waals surface area contributed by atoms with Crippen LogP contribution in [0.5, 0.6) is 11.5 Å². The summed E-state index contributed by atoms with van der Waals surface area (Å²) < 4.78 is 6.06. The van der Waals surface area contributed by atoms with Gasteiger partial charge in [0.25, 0.3) is 5.91 Å². The molecule has 1 amide bonds. The van der Waals surface area contributed by atoms with E-state index in [4.69, 9.17) is 27.9 Å². The second kappa shape index (κ2) is 12.4. The van der Waals surface area contributed by atoms with Crippen LogP contribution in [0.4, 0.5) is 5.69 Å². The highest BCUT2D eigenvalue weighted by Gasteiger charge is 2.14. The fourth-order valence-electron chi connectivity index (χ4n) is 3.69. The largest absolute Gasteiger partial charge is 0.481 e. The molecule has 0 saturated heterocycles. The van der Waals surface area contributed by atoms with Crippen molar-refractivity contribution in [1.29, 1.82) is 0 Å². The fraction of sp³-hybridized carbons (Fsp3) is 0.103. The van der Waals surface area contributed by atoms with Crippen LogP contribution >= 0.6 is 23.2 Å². The number of nitrogens with one attached hydrogen (secondary N) is 1. The van der Waals surface area contributed by atoms with Crippen LogP contribution in [0.15, 0.2) is 85.1 Å². The summed E-state index contributed by atoms with van der Waals surface area (Å²) >= 11 is 11.9. The summed E-state index contributed by atoms with van der Waals surface area (Å²) in [5.41, 5.74) is 2.59. The quantitative estimate of drug-likeness (QED) is 0.209. The van der Waals surface area contributed by atoms with Gasteiger partial charge in [0.1, 0.15) is 17.2 Å². The van der Waals surface area contributed by atoms with Crippen LogP contribution in [0.1, 0.15) is 38.4 Å². The summed E-state index contributed by atoms with van der Waals surface area (Å²) in [5.74, 6) is -0.414. The normalized spacial score (nSPS) is 10.6. The van der Waals surface area contributed by atoms with Crippen LogP contribution in [-0.2, 0) is 17.6 Å². The predicted molar refractivity (Wildman–Crippen MR) is 146 cm³/mol. The molecule has 0 aliphatic carbocycles. The Balaban J connectivity index is 1.47. The molecule has 1 heterocycles. The highest BCUT2D eigenvalue weighted by atomic mass is 35.5. The predicted octanol–water partition coefficient (Wildman–Crippen LogP) is 6.88. The van der Waals surface area contributed by atoms with Crippen LogP contribution in [0.2, 0.25) is 10.0 Å². The molecule has 3 aromatic carbocycles. The van der Waals surface area contributed by atoms with Gasteiger partial charge in [-0.15, -0.1) is 0 Å². The van der Waals surface area contributed by atoms with Gasteiger partial charge in [-0.2, -0.15) is 0 Å². The lowest BCUT2D eigenvalue weighted by atomic mass is 10.0. The second-order valence-electron chi connectivity index (χ2n) is 8.36. The fourth-order valence-corrected chi connectivity index (χ4v) is 3.99. The van der Waals surface area contributed by atoms with Gasteiger partial charge in [-0.3, -0.25) is 19.4 Å². The first-order chi connectivity index (χ1) is 18.3. The number of Topliss-reactive ketones (excluding diaryl/α,β-unsaturated/α-hetero) is 1. The number of anilines is 1. The van der Waals surface area contributed by atoms with Gasteiger partial charge in [-0.25, -0.2) is 0 Å². The Morgan fingerprint density at radius 2 is 1.68 bits per heavy atom. The summed E-state index contributed by atoms with van der Waals surface area (Å²) in [6.45, 7) is 0. The molecule has 2 N–H and O–H groups in total. The molecule has 1 aromatic heterocycles. The maximum absolute atomic E-state index is 12.6. The van der Waals surface area contributed by atoms with Crippen LogP contribution in [0.25, 0.3) is 0 Å². The molecule has 0 atom stereocenters. The summed E-state index contributed by atoms with van der Waals surface area (Å²) in [7, 11) is 0. The lowest BCUT2D eigenvalue weighted by Crippen LogP contribution is -2.11. The van der Waals surface area contributed by atoms with Crippen molar-refractivity contribution in [3.05, 3.63) is 117 Å². The molecular weight excluding hydrogens is 527 g/mol. The van der Waals surface area contributed by atoms with Crippen LogP contribution in [0.3, 0.4) is 0 Å². The highest BCUT2D eigenvalue weighted by Crippen LogP contribution is 2.29. The van der Waals surface area contributed by atoms with Crippen molar-refractivity contribution in [3.8, 4) is 11.5 Å². The van der Waals surface area contributed by atoms with E-state index >= 15 is 0 Å². The third kappa shape index (κ3) is 7.18. The number of carboxylic acids is 1. The van der Waals surface area contributed by atoms with Gasteiger partial charge in [-0.1, -0.05) is 41.4 Å². The van der Waals surface area contributed by atoms with Crippen molar-refractivity contribution in [2.75, 3.05) is 5.32 Å². The Labute approximate surface area is 229 Å². The molecule has 192 valence electrons. The zero-order valence-electron chi connectivity index (χ0n) is 20.0. The highest BCUT2D eigenvalue weighted by molar-refractivity contribution is 6.42. The number of nitrogens with zero attached hydrogens (tertiary/aromatic N) is 1. The molecule has 0 fully saturated rings. The topological polar surface area (TPSA) is 106 Å². The first-order valence-corrected chi connectivity index (χ1v) is 12.4. The van der Waals surface area contributed by atoms with Gasteiger partial charge >= 0.3 is 5.97 Å². The zero-order chi connectivity index (χ0) is 27.1. The van der Waals surface area contributed by atoms with E-state index in [9.17, 15) is 19.5 Å². The minimum atomic E-state index is -0.951. The minimum Gasteiger partial charge on any atom is -0.481 e. The summed E-state index contributed by atoms with van der Waals surface area (Å²) in [6, 6.07) is 21.6. The van der Waals surface area contributed by atoms with Crippen LogP contribution in [0, 0.1) is 0 Å². The number of hydrogen-bond donors (Lipinski definition) is 2. The SMILES string of the molecule is O=C(O)Cc1ccc(Oc2ccc(NC(=O)c3ccc(Cl)c(Cl)c3)cc2)c(CCC(=O)c2ccccn2)c1. The Kier molecular flexibility index (Phi) is 8.73. The third-order valence-electron chi connectivity index (χ3n) is 5.57. The van der Waals surface area contributed by atoms with E-state index in [1.165, 1.54) is 6.07 Å². The van der Waals surface area contributed by atoms with E-state index in [1.807, 2.05) is 0 Å². The molecule has 4 aromatic rings. The molecule has 0 bridgehead atoms. The first kappa shape index (κ1) is 26.9. The number of amides is 1. The van der Waals surface area contributed by atoms with Crippen molar-refractivity contribution >= 4 is 46.5 Å². The van der Waals surface area contributed by atoms with Gasteiger partial charge in [-0.05, 0) is 78.2 Å². The number of carbonyl (C=O) groups excluding carboxylic acids is 2. The smallest absolute Gasteiger partial charge is 0.307 e. The zero-order valence-corrected chi connectivity index (χ0v) is 21.5. The molecule has 9 heteroatoms. The lowest BCUT2D eigenvalue weighted by molar-refractivity contribution is -0.136. The first-order valence-electron chi connectivity index (χ1n) is 11.6. The van der Waals surface area contributed by atoms with Gasteiger partial charge in [0, 0.05) is 23.9 Å². The number of halogens is 2. The van der Waals surface area contributed by atoms with Gasteiger partial charge in [0.05, 0.1) is 16.5 Å². The van der Waals surface area contributed by atoms with Crippen molar-refractivity contribution in [3.63, 3.8) is 0 Å². The van der Waals surface area contributed by atoms with E-state index in [2.05, 4.69) is 10.3 Å². The molecule has 38 heavy (non-hydrogen) atoms. The molecule has 0 aliphatic heterocycles. The molecule has 0 aliphatic rings. The minimum absolute atomic E-state index is 0.123. The number of ketones is 1. The number of aryl methyl sites for hydroxylation is 1. The van der Waals surface area contributed by atoms with E-state index < -0.39 is 5.97 Å². The number of hydrogen-bond acceptors (Lipinski definition) is 5. The number of aliphatic carboxylic acids is 1. The Bertz CT molecular complexity index is 1470. The maximum atomic E-state index is 12.6. The molecule has 0 saturated carbocycles. The molecular formula is C29H22Cl2N2O5. The van der Waals surface area contributed by atoms with E-state index in [0.717, 1.165) is 0 Å². The number of pyridine rings is 1. The van der Waals surface area contributed by atoms with Crippen LogP contribution < -0.4 is 10.1 Å². The molecule has 4 rings (SSSR count). The number of carbonyl (C=O) groups is 3. The van der Waals surface area contributed by atoms with Crippen molar-refractivity contribution in [2.45, 2.75) is 19.3 Å². The second-order valence-corrected chi connectivity index (χ2v) is 9.17. The van der Waals surface area contributed by atoms with E-state index in [0.29, 0.717) is 51.0 Å². The van der Waals surface area contributed by atoms with Crippen molar-refractivity contribution < 1.29 is 24.2 Å². The monoisotopic (exact) mass is 548 g/mol. The van der Waals surface area contributed by atoms with Crippen molar-refractivity contribution in [2.24, 2.45) is 0 Å². The van der Waals surface area contributed by atoms with Gasteiger partial charge in [0.15, 0.2) is 5.78 Å². The number of benzene rings is 3. The standard InChI is InChI=1S/C29H22Cl2N2O5/c30-23-11-5-20(17-24(23)31)29(37)33-21-7-9-22(10-8-21)38-27-13-4-18(16-28(35)36)15-19(27)6-12-26(34)25-3-1-2-14-32-25/h1-5,7-11,13-15,17H,6,12,16H2,(H,33,37)(H,35,36). The third-order valence-corrected chi connectivity index (χ3v) is 6.31. The summed E-state index contributed by atoms with van der Waals surface area (Å²) in [5, 5.41) is 12.6. The van der Waals surface area contributed by atoms with Crippen molar-refractivity contribution in [1.82, 2.24) is 4.98 Å². The van der Waals surface area contributed by atoms with Gasteiger partial charge < -0.3 is 15.2 Å². The maximum Gasteiger partial charge on any atom is 0.307 e. The Morgan fingerprint density at radius 3 is 2.37 bits per heavy atom. The lowest BCUT2D eigenvalue weighted by Gasteiger charge is -2.13. The summed E-state index contributed by atoms with van der Waals surface area (Å²) in [4.78, 5) is 40.4. The molecule has 7 nitrogen and oxygen atoms in total. The average Bonchev–Trinajstić information content (AvgIpc) is 2.91. The molecule has 0 spiro atoms. The average molecular weight is 549 g/mol. The summed E-state index contributed by atoms with van der Waals surface area (Å²) in [6.07, 6.45) is 1.94. The molecule has 0 radical (unpaired) electrons. The number of carboxylic acid groups (broad SMARTS) is 1. The van der Waals surface area contributed by atoms with E-state index in [1.54, 1.807) is 79.0 Å². The number of aromatic nitrogens is 1. The number of ether oxygens (including phenoxy) is 1. The van der Waals surface area contributed by atoms with Gasteiger partial charge in [0.2, 0.25) is 0 Å². The Morgan fingerprint density at radius 1 is 0.895 bits per heavy atom. The Hall–Kier alpha value is -4.20.